The molecule has 1 atom stereocenters. The number of nitrogens with one attached hydrogen (secondary N) is 1. The number of anilines is 1. The molecule has 0 bridgehead atoms. The van der Waals surface area contributed by atoms with Crippen LogP contribution in [0.25, 0.3) is 0 Å². The van der Waals surface area contributed by atoms with Crippen molar-refractivity contribution in [2.45, 2.75) is 32.2 Å². The molecule has 0 aliphatic carbocycles. The summed E-state index contributed by atoms with van der Waals surface area (Å²) >= 11 is 3.35. The van der Waals surface area contributed by atoms with Crippen molar-refractivity contribution in [2.75, 3.05) is 18.4 Å². The molecule has 1 fully saturated rings. The summed E-state index contributed by atoms with van der Waals surface area (Å²) in [5, 5.41) is 12.1. The van der Waals surface area contributed by atoms with Crippen LogP contribution in [-0.4, -0.2) is 29.9 Å². The summed E-state index contributed by atoms with van der Waals surface area (Å²) in [4.78, 5) is 14.2. The molecule has 20 heavy (non-hydrogen) atoms. The van der Waals surface area contributed by atoms with Crippen LogP contribution in [0.15, 0.2) is 22.7 Å². The van der Waals surface area contributed by atoms with Crippen LogP contribution in [-0.2, 0) is 4.79 Å². The van der Waals surface area contributed by atoms with Gasteiger partial charge in [0, 0.05) is 23.2 Å². The monoisotopic (exact) mass is 335 g/mol. The van der Waals surface area contributed by atoms with Crippen LogP contribution in [0.2, 0.25) is 0 Å². The number of halogens is 1. The lowest BCUT2D eigenvalue weighted by atomic mass is 10.1. The van der Waals surface area contributed by atoms with Gasteiger partial charge in [-0.05, 0) is 60.3 Å². The zero-order valence-electron chi connectivity index (χ0n) is 11.5. The van der Waals surface area contributed by atoms with E-state index in [0.29, 0.717) is 5.56 Å². The van der Waals surface area contributed by atoms with E-state index in [1.807, 2.05) is 24.0 Å². The summed E-state index contributed by atoms with van der Waals surface area (Å²) in [6.45, 7) is 3.60. The highest BCUT2D eigenvalue weighted by Gasteiger charge is 2.21. The Hall–Kier alpha value is -1.54. The Balaban J connectivity index is 2.00. The standard InChI is InChI=1S/C15H18BrN3O/c1-11(15(20)19-7-3-2-4-8-19)18-13-6-5-12(10-17)14(16)9-13/h5-6,9,11,18H,2-4,7-8H2,1H3. The Morgan fingerprint density at radius 1 is 1.40 bits per heavy atom. The summed E-state index contributed by atoms with van der Waals surface area (Å²) in [5.74, 6) is 0.144. The molecule has 1 N–H and O–H groups in total. The molecule has 1 aliphatic rings. The SMILES string of the molecule is CC(Nc1ccc(C#N)c(Br)c1)C(=O)N1CCCCC1. The molecule has 5 heteroatoms. The van der Waals surface area contributed by atoms with Gasteiger partial charge in [-0.2, -0.15) is 5.26 Å². The highest BCUT2D eigenvalue weighted by Crippen LogP contribution is 2.21. The number of nitrogens with zero attached hydrogens (tertiary/aromatic N) is 2. The lowest BCUT2D eigenvalue weighted by Gasteiger charge is -2.29. The van der Waals surface area contributed by atoms with Crippen LogP contribution < -0.4 is 5.32 Å². The summed E-state index contributed by atoms with van der Waals surface area (Å²) in [6, 6.07) is 7.24. The lowest BCUT2D eigenvalue weighted by molar-refractivity contribution is -0.132. The topological polar surface area (TPSA) is 56.1 Å². The van der Waals surface area contributed by atoms with E-state index in [2.05, 4.69) is 27.3 Å². The van der Waals surface area contributed by atoms with Crippen molar-refractivity contribution in [1.29, 1.82) is 5.26 Å². The molecule has 1 amide bonds. The van der Waals surface area contributed by atoms with Gasteiger partial charge < -0.3 is 10.2 Å². The quantitative estimate of drug-likeness (QED) is 0.923. The average molecular weight is 336 g/mol. The van der Waals surface area contributed by atoms with Gasteiger partial charge >= 0.3 is 0 Å². The van der Waals surface area contributed by atoms with Crippen molar-refractivity contribution in [3.63, 3.8) is 0 Å². The Morgan fingerprint density at radius 3 is 2.70 bits per heavy atom. The molecular weight excluding hydrogens is 318 g/mol. The number of carbonyl (C=O) groups is 1. The van der Waals surface area contributed by atoms with Crippen LogP contribution in [0.3, 0.4) is 0 Å². The Kier molecular flexibility index (Phi) is 5.02. The second kappa shape index (κ2) is 6.76. The third-order valence-electron chi connectivity index (χ3n) is 3.51. The molecule has 0 saturated carbocycles. The van der Waals surface area contributed by atoms with E-state index in [1.165, 1.54) is 6.42 Å². The first-order valence-electron chi connectivity index (χ1n) is 6.87. The van der Waals surface area contributed by atoms with E-state index in [-0.39, 0.29) is 11.9 Å². The van der Waals surface area contributed by atoms with E-state index in [0.717, 1.165) is 36.1 Å². The summed E-state index contributed by atoms with van der Waals surface area (Å²) in [6.07, 6.45) is 3.41. The second-order valence-electron chi connectivity index (χ2n) is 5.06. The first-order valence-corrected chi connectivity index (χ1v) is 7.66. The Morgan fingerprint density at radius 2 is 2.10 bits per heavy atom. The smallest absolute Gasteiger partial charge is 0.244 e. The van der Waals surface area contributed by atoms with Crippen molar-refractivity contribution in [3.05, 3.63) is 28.2 Å². The van der Waals surface area contributed by atoms with Gasteiger partial charge in [0.05, 0.1) is 5.56 Å². The van der Waals surface area contributed by atoms with Crippen molar-refractivity contribution >= 4 is 27.5 Å². The lowest BCUT2D eigenvalue weighted by Crippen LogP contribution is -2.43. The summed E-state index contributed by atoms with van der Waals surface area (Å²) < 4.78 is 0.739. The van der Waals surface area contributed by atoms with E-state index in [9.17, 15) is 4.79 Å². The minimum absolute atomic E-state index is 0.144. The zero-order chi connectivity index (χ0) is 14.5. The second-order valence-corrected chi connectivity index (χ2v) is 5.91. The summed E-state index contributed by atoms with van der Waals surface area (Å²) in [5.41, 5.74) is 1.43. The fourth-order valence-electron chi connectivity index (χ4n) is 2.40. The number of carbonyl (C=O) groups excluding carboxylic acids is 1. The maximum atomic E-state index is 12.3. The third-order valence-corrected chi connectivity index (χ3v) is 4.17. The van der Waals surface area contributed by atoms with Gasteiger partial charge in [-0.1, -0.05) is 0 Å². The molecule has 1 saturated heterocycles. The Labute approximate surface area is 127 Å². The zero-order valence-corrected chi connectivity index (χ0v) is 13.1. The van der Waals surface area contributed by atoms with E-state index in [1.54, 1.807) is 6.07 Å². The highest BCUT2D eigenvalue weighted by atomic mass is 79.9. The minimum Gasteiger partial charge on any atom is -0.374 e. The number of likely N-dealkylation sites (tertiary alicyclic amines) is 1. The maximum Gasteiger partial charge on any atom is 0.244 e. The minimum atomic E-state index is -0.257. The van der Waals surface area contributed by atoms with Gasteiger partial charge in [0.25, 0.3) is 0 Å². The van der Waals surface area contributed by atoms with E-state index < -0.39 is 0 Å². The number of benzene rings is 1. The maximum absolute atomic E-state index is 12.3. The molecule has 1 aliphatic heterocycles. The van der Waals surface area contributed by atoms with Crippen molar-refractivity contribution in [1.82, 2.24) is 4.90 Å². The predicted molar refractivity (Wildman–Crippen MR) is 82.4 cm³/mol. The number of hydrogen-bond acceptors (Lipinski definition) is 3. The molecule has 2 rings (SSSR count). The first kappa shape index (κ1) is 14.9. The number of rotatable bonds is 3. The fourth-order valence-corrected chi connectivity index (χ4v) is 2.86. The first-order chi connectivity index (χ1) is 9.61. The molecule has 4 nitrogen and oxygen atoms in total. The molecule has 1 aromatic rings. The largest absolute Gasteiger partial charge is 0.374 e. The number of piperidine rings is 1. The predicted octanol–water partition coefficient (Wildman–Crippen LogP) is 3.13. The number of amides is 1. The van der Waals surface area contributed by atoms with Crippen LogP contribution in [0.4, 0.5) is 5.69 Å². The third kappa shape index (κ3) is 3.51. The molecular formula is C15H18BrN3O. The van der Waals surface area contributed by atoms with Gasteiger partial charge in [0.15, 0.2) is 0 Å². The van der Waals surface area contributed by atoms with Gasteiger partial charge in [0.2, 0.25) is 5.91 Å². The normalized spacial score (nSPS) is 16.4. The van der Waals surface area contributed by atoms with Gasteiger partial charge in [-0.15, -0.1) is 0 Å². The van der Waals surface area contributed by atoms with Gasteiger partial charge in [-0.3, -0.25) is 4.79 Å². The summed E-state index contributed by atoms with van der Waals surface area (Å²) in [7, 11) is 0. The average Bonchev–Trinajstić information content (AvgIpc) is 2.47. The molecule has 106 valence electrons. The molecule has 0 aromatic heterocycles. The molecule has 0 radical (unpaired) electrons. The molecule has 0 spiro atoms. The van der Waals surface area contributed by atoms with Crippen LogP contribution >= 0.6 is 15.9 Å². The van der Waals surface area contributed by atoms with Crippen LogP contribution in [0, 0.1) is 11.3 Å². The Bertz CT molecular complexity index is 532. The van der Waals surface area contributed by atoms with Crippen molar-refractivity contribution in [2.24, 2.45) is 0 Å². The number of nitriles is 1. The van der Waals surface area contributed by atoms with E-state index in [4.69, 9.17) is 5.26 Å². The highest BCUT2D eigenvalue weighted by molar-refractivity contribution is 9.10. The van der Waals surface area contributed by atoms with Crippen molar-refractivity contribution < 1.29 is 4.79 Å². The molecule has 1 heterocycles. The molecule has 1 aromatic carbocycles. The molecule has 1 unspecified atom stereocenters. The van der Waals surface area contributed by atoms with E-state index >= 15 is 0 Å². The fraction of sp³-hybridized carbons (Fsp3) is 0.467. The van der Waals surface area contributed by atoms with Gasteiger partial charge in [0.1, 0.15) is 12.1 Å². The van der Waals surface area contributed by atoms with Gasteiger partial charge in [-0.25, -0.2) is 0 Å². The van der Waals surface area contributed by atoms with Crippen LogP contribution in [0.1, 0.15) is 31.7 Å². The van der Waals surface area contributed by atoms with Crippen LogP contribution in [0.5, 0.6) is 0 Å². The van der Waals surface area contributed by atoms with Crippen molar-refractivity contribution in [3.8, 4) is 6.07 Å². The number of hydrogen-bond donors (Lipinski definition) is 1.